The number of carbonyl (C=O) groups is 3. The molecule has 1 fully saturated rings. The van der Waals surface area contributed by atoms with E-state index in [2.05, 4.69) is 10.6 Å². The Hall–Kier alpha value is -3.34. The first kappa shape index (κ1) is 28.7. The van der Waals surface area contributed by atoms with Crippen LogP contribution in [0.25, 0.3) is 0 Å². The van der Waals surface area contributed by atoms with Gasteiger partial charge >= 0.3 is 5.97 Å². The van der Waals surface area contributed by atoms with Gasteiger partial charge in [0.05, 0.1) is 0 Å². The van der Waals surface area contributed by atoms with Gasteiger partial charge in [-0.25, -0.2) is 4.79 Å². The molecule has 1 aliphatic heterocycles. The molecule has 9 nitrogen and oxygen atoms in total. The summed E-state index contributed by atoms with van der Waals surface area (Å²) >= 11 is 18.2. The number of carbonyl (C=O) groups excluding carboxylic acids is 2. The van der Waals surface area contributed by atoms with Gasteiger partial charge in [-0.1, -0.05) is 53.0 Å². The maximum absolute atomic E-state index is 12.9. The van der Waals surface area contributed by atoms with Gasteiger partial charge in [-0.15, -0.1) is 0 Å². The molecule has 3 aromatic rings. The molecule has 3 N–H and O–H groups in total. The lowest BCUT2D eigenvalue weighted by Crippen LogP contribution is -2.51. The van der Waals surface area contributed by atoms with E-state index < -0.39 is 36.0 Å². The topological polar surface area (TPSA) is 123 Å². The second-order valence-electron chi connectivity index (χ2n) is 8.52. The number of amides is 2. The highest BCUT2D eigenvalue weighted by Crippen LogP contribution is 2.26. The summed E-state index contributed by atoms with van der Waals surface area (Å²) in [6.07, 6.45) is -2.61. The molecule has 1 heterocycles. The van der Waals surface area contributed by atoms with Crippen molar-refractivity contribution < 1.29 is 33.7 Å². The molecule has 1 aliphatic rings. The molecule has 12 heteroatoms. The molecular formula is C27H23Cl3N2O7. The number of ether oxygens (including phenoxy) is 3. The van der Waals surface area contributed by atoms with Crippen LogP contribution in [0.2, 0.25) is 15.1 Å². The summed E-state index contributed by atoms with van der Waals surface area (Å²) in [5, 5.41) is 16.2. The van der Waals surface area contributed by atoms with E-state index in [1.54, 1.807) is 66.7 Å². The molecule has 0 aromatic heterocycles. The standard InChI is InChI=1S/C27H23Cl3N2O7/c28-16-6-8-17(9-7-16)31-25(33)23-24(39-14-38-23)26(34)32-22(27(35)36)12-15-4-10-18(11-5-15)37-13-19-20(29)2-1-3-21(19)30/h1-11,22-24H,12-14H2,(H,31,33)(H,32,34)(H,35,36)/t22?,23-,24-/m1/s1. The molecule has 2 amide bonds. The zero-order valence-corrected chi connectivity index (χ0v) is 22.5. The Bertz CT molecular complexity index is 1320. The lowest BCUT2D eigenvalue weighted by Gasteiger charge is -2.20. The number of halogens is 3. The Morgan fingerprint density at radius 3 is 2.13 bits per heavy atom. The molecular weight excluding hydrogens is 571 g/mol. The lowest BCUT2D eigenvalue weighted by molar-refractivity contribution is -0.144. The van der Waals surface area contributed by atoms with E-state index in [9.17, 15) is 19.5 Å². The number of hydrogen-bond donors (Lipinski definition) is 3. The summed E-state index contributed by atoms with van der Waals surface area (Å²) < 4.78 is 16.3. The van der Waals surface area contributed by atoms with Crippen molar-refractivity contribution in [2.24, 2.45) is 0 Å². The number of hydrogen-bond acceptors (Lipinski definition) is 6. The maximum atomic E-state index is 12.9. The third-order valence-electron chi connectivity index (χ3n) is 5.82. The second kappa shape index (κ2) is 13.1. The SMILES string of the molecule is O=C(O)C(Cc1ccc(OCc2c(Cl)cccc2Cl)cc1)NC(=O)[C@@H]1OCO[C@H]1C(=O)Nc1ccc(Cl)cc1. The Kier molecular flexibility index (Phi) is 9.66. The van der Waals surface area contributed by atoms with E-state index in [1.165, 1.54) is 0 Å². The van der Waals surface area contributed by atoms with Crippen molar-refractivity contribution in [3.63, 3.8) is 0 Å². The highest BCUT2D eigenvalue weighted by atomic mass is 35.5. The number of anilines is 1. The van der Waals surface area contributed by atoms with Crippen LogP contribution in [0.4, 0.5) is 5.69 Å². The number of rotatable bonds is 10. The van der Waals surface area contributed by atoms with Crippen molar-refractivity contribution in [2.75, 3.05) is 12.1 Å². The first-order chi connectivity index (χ1) is 18.7. The molecule has 39 heavy (non-hydrogen) atoms. The third-order valence-corrected chi connectivity index (χ3v) is 6.78. The van der Waals surface area contributed by atoms with Gasteiger partial charge in [-0.3, -0.25) is 9.59 Å². The van der Waals surface area contributed by atoms with Gasteiger partial charge in [0.1, 0.15) is 25.2 Å². The molecule has 3 atom stereocenters. The molecule has 1 unspecified atom stereocenters. The van der Waals surface area contributed by atoms with Gasteiger partial charge in [0, 0.05) is 32.7 Å². The molecule has 1 saturated heterocycles. The zero-order chi connectivity index (χ0) is 27.9. The van der Waals surface area contributed by atoms with Crippen LogP contribution in [0.15, 0.2) is 66.7 Å². The molecule has 0 bridgehead atoms. The fourth-order valence-corrected chi connectivity index (χ4v) is 4.40. The number of benzene rings is 3. The van der Waals surface area contributed by atoms with Crippen molar-refractivity contribution in [3.8, 4) is 5.75 Å². The monoisotopic (exact) mass is 592 g/mol. The second-order valence-corrected chi connectivity index (χ2v) is 9.78. The van der Waals surface area contributed by atoms with Crippen LogP contribution in [-0.4, -0.2) is 47.9 Å². The minimum absolute atomic E-state index is 0.0209. The normalized spacial score (nSPS) is 17.3. The molecule has 0 spiro atoms. The Morgan fingerprint density at radius 1 is 0.897 bits per heavy atom. The number of carboxylic acid groups (broad SMARTS) is 1. The van der Waals surface area contributed by atoms with Crippen LogP contribution in [0.1, 0.15) is 11.1 Å². The summed E-state index contributed by atoms with van der Waals surface area (Å²) in [6.45, 7) is -0.142. The van der Waals surface area contributed by atoms with Crippen molar-refractivity contribution in [2.45, 2.75) is 31.3 Å². The van der Waals surface area contributed by atoms with Crippen molar-refractivity contribution >= 4 is 58.3 Å². The first-order valence-electron chi connectivity index (χ1n) is 11.7. The maximum Gasteiger partial charge on any atom is 0.326 e. The highest BCUT2D eigenvalue weighted by Gasteiger charge is 2.41. The van der Waals surface area contributed by atoms with E-state index in [0.717, 1.165) is 0 Å². The summed E-state index contributed by atoms with van der Waals surface area (Å²) in [6, 6.07) is 17.0. The highest BCUT2D eigenvalue weighted by molar-refractivity contribution is 6.36. The van der Waals surface area contributed by atoms with Crippen LogP contribution in [0.5, 0.6) is 5.75 Å². The fraction of sp³-hybridized carbons (Fsp3) is 0.222. The summed E-state index contributed by atoms with van der Waals surface area (Å²) in [5.41, 5.74) is 1.73. The summed E-state index contributed by atoms with van der Waals surface area (Å²) in [5.74, 6) is -2.13. The first-order valence-corrected chi connectivity index (χ1v) is 12.8. The van der Waals surface area contributed by atoms with E-state index in [-0.39, 0.29) is 19.8 Å². The van der Waals surface area contributed by atoms with Crippen LogP contribution >= 0.6 is 34.8 Å². The zero-order valence-electron chi connectivity index (χ0n) is 20.2. The number of carboxylic acids is 1. The average molecular weight is 594 g/mol. The van der Waals surface area contributed by atoms with Gasteiger partial charge in [-0.05, 0) is 54.1 Å². The number of nitrogens with one attached hydrogen (secondary N) is 2. The van der Waals surface area contributed by atoms with Gasteiger partial charge in [0.25, 0.3) is 11.8 Å². The van der Waals surface area contributed by atoms with Gasteiger partial charge < -0.3 is 30.0 Å². The van der Waals surface area contributed by atoms with E-state index >= 15 is 0 Å². The van der Waals surface area contributed by atoms with Gasteiger partial charge in [0.2, 0.25) is 0 Å². The Morgan fingerprint density at radius 2 is 1.51 bits per heavy atom. The van der Waals surface area contributed by atoms with Gasteiger partial charge in [-0.2, -0.15) is 0 Å². The smallest absolute Gasteiger partial charge is 0.326 e. The minimum Gasteiger partial charge on any atom is -0.489 e. The summed E-state index contributed by atoms with van der Waals surface area (Å²) in [4.78, 5) is 37.4. The van der Waals surface area contributed by atoms with Crippen LogP contribution in [0.3, 0.4) is 0 Å². The van der Waals surface area contributed by atoms with Crippen molar-refractivity contribution in [1.82, 2.24) is 5.32 Å². The van der Waals surface area contributed by atoms with E-state index in [1.807, 2.05) is 0 Å². The predicted molar refractivity (Wildman–Crippen MR) is 145 cm³/mol. The lowest BCUT2D eigenvalue weighted by atomic mass is 10.0. The summed E-state index contributed by atoms with van der Waals surface area (Å²) in [7, 11) is 0. The molecule has 0 radical (unpaired) electrons. The average Bonchev–Trinajstić information content (AvgIpc) is 3.41. The van der Waals surface area contributed by atoms with E-state index in [0.29, 0.717) is 37.6 Å². The van der Waals surface area contributed by atoms with Gasteiger partial charge in [0.15, 0.2) is 12.2 Å². The Labute approximate surface area is 238 Å². The minimum atomic E-state index is -1.33. The Balaban J connectivity index is 1.34. The molecule has 204 valence electrons. The molecule has 4 rings (SSSR count). The number of aliphatic carboxylic acids is 1. The van der Waals surface area contributed by atoms with Crippen LogP contribution < -0.4 is 15.4 Å². The third kappa shape index (κ3) is 7.62. The van der Waals surface area contributed by atoms with Crippen molar-refractivity contribution in [1.29, 1.82) is 0 Å². The van der Waals surface area contributed by atoms with E-state index in [4.69, 9.17) is 49.0 Å². The molecule has 0 saturated carbocycles. The van der Waals surface area contributed by atoms with Crippen LogP contribution in [0, 0.1) is 0 Å². The van der Waals surface area contributed by atoms with Crippen molar-refractivity contribution in [3.05, 3.63) is 92.9 Å². The molecule has 0 aliphatic carbocycles. The van der Waals surface area contributed by atoms with Crippen LogP contribution in [-0.2, 0) is 36.9 Å². The molecule has 3 aromatic carbocycles. The predicted octanol–water partition coefficient (Wildman–Crippen LogP) is 4.72. The quantitative estimate of drug-likeness (QED) is 0.311. The largest absolute Gasteiger partial charge is 0.489 e. The fourth-order valence-electron chi connectivity index (χ4n) is 3.77.